The molecule has 9 heteroatoms. The summed E-state index contributed by atoms with van der Waals surface area (Å²) in [5.74, 6) is -0.522. The molecule has 3 aromatic carbocycles. The first-order valence-electron chi connectivity index (χ1n) is 12.1. The van der Waals surface area contributed by atoms with Gasteiger partial charge in [0.15, 0.2) is 0 Å². The highest BCUT2D eigenvalue weighted by atomic mass is 19.1. The number of aromatic nitrogens is 2. The Balaban J connectivity index is 1.24. The summed E-state index contributed by atoms with van der Waals surface area (Å²) in [5, 5.41) is 9.59. The van der Waals surface area contributed by atoms with Crippen molar-refractivity contribution < 1.29 is 23.2 Å². The summed E-state index contributed by atoms with van der Waals surface area (Å²) >= 11 is 0. The molecule has 0 saturated heterocycles. The lowest BCUT2D eigenvalue weighted by Crippen LogP contribution is -2.15. The van der Waals surface area contributed by atoms with Crippen molar-refractivity contribution in [1.82, 2.24) is 10.1 Å². The van der Waals surface area contributed by atoms with Crippen LogP contribution in [0.1, 0.15) is 11.1 Å². The Morgan fingerprint density at radius 1 is 0.795 bits per heavy atom. The Morgan fingerprint density at radius 2 is 1.51 bits per heavy atom. The molecule has 0 aliphatic heterocycles. The van der Waals surface area contributed by atoms with Crippen LogP contribution in [-0.4, -0.2) is 22.1 Å². The minimum atomic E-state index is -0.574. The highest BCUT2D eigenvalue weighted by Crippen LogP contribution is 2.37. The zero-order valence-corrected chi connectivity index (χ0v) is 20.6. The number of carbonyl (C=O) groups is 2. The molecule has 2 amide bonds. The SMILES string of the molecule is O=C(Cc1ccc(NC(=O)OCc2ccccc2)cc1)Nc1onc(-c2ccc(F)cc2)c1-c1ccncc1. The summed E-state index contributed by atoms with van der Waals surface area (Å²) in [7, 11) is 0. The van der Waals surface area contributed by atoms with Crippen LogP contribution in [-0.2, 0) is 22.6 Å². The number of hydrogen-bond donors (Lipinski definition) is 2. The van der Waals surface area contributed by atoms with Crippen molar-refractivity contribution in [2.75, 3.05) is 10.6 Å². The highest BCUT2D eigenvalue weighted by molar-refractivity contribution is 5.98. The summed E-state index contributed by atoms with van der Waals surface area (Å²) < 4.78 is 24.2. The molecule has 2 N–H and O–H groups in total. The number of carbonyl (C=O) groups excluding carboxylic acids is 2. The van der Waals surface area contributed by atoms with E-state index in [0.717, 1.165) is 16.7 Å². The molecule has 8 nitrogen and oxygen atoms in total. The van der Waals surface area contributed by atoms with E-state index in [9.17, 15) is 14.0 Å². The molecule has 5 rings (SSSR count). The van der Waals surface area contributed by atoms with Crippen LogP contribution in [0.2, 0.25) is 0 Å². The Morgan fingerprint density at radius 3 is 2.23 bits per heavy atom. The number of hydrogen-bond acceptors (Lipinski definition) is 6. The van der Waals surface area contributed by atoms with Gasteiger partial charge < -0.3 is 9.26 Å². The van der Waals surface area contributed by atoms with Gasteiger partial charge in [-0.1, -0.05) is 47.6 Å². The molecule has 39 heavy (non-hydrogen) atoms. The summed E-state index contributed by atoms with van der Waals surface area (Å²) in [6, 6.07) is 25.6. The van der Waals surface area contributed by atoms with E-state index in [1.165, 1.54) is 12.1 Å². The lowest BCUT2D eigenvalue weighted by molar-refractivity contribution is -0.115. The number of halogens is 1. The van der Waals surface area contributed by atoms with Gasteiger partial charge in [0.25, 0.3) is 0 Å². The summed E-state index contributed by atoms with van der Waals surface area (Å²) in [4.78, 5) is 29.0. The molecule has 0 fully saturated rings. The summed E-state index contributed by atoms with van der Waals surface area (Å²) in [6.07, 6.45) is 2.72. The number of nitrogens with one attached hydrogen (secondary N) is 2. The Hall–Kier alpha value is -5.31. The third-order valence-corrected chi connectivity index (χ3v) is 5.81. The number of rotatable bonds is 8. The van der Waals surface area contributed by atoms with Crippen LogP contribution >= 0.6 is 0 Å². The summed E-state index contributed by atoms with van der Waals surface area (Å²) in [5.41, 5.74) is 4.54. The Labute approximate surface area is 223 Å². The van der Waals surface area contributed by atoms with E-state index in [1.807, 2.05) is 30.3 Å². The van der Waals surface area contributed by atoms with Crippen LogP contribution in [0.3, 0.4) is 0 Å². The molecule has 2 aromatic heterocycles. The minimum absolute atomic E-state index is 0.0566. The van der Waals surface area contributed by atoms with Crippen molar-refractivity contribution in [3.8, 4) is 22.4 Å². The average molecular weight is 523 g/mol. The molecule has 0 bridgehead atoms. The van der Waals surface area contributed by atoms with Gasteiger partial charge in [-0.3, -0.25) is 20.4 Å². The Bertz CT molecular complexity index is 1550. The lowest BCUT2D eigenvalue weighted by Gasteiger charge is -2.09. The van der Waals surface area contributed by atoms with Crippen LogP contribution < -0.4 is 10.6 Å². The van der Waals surface area contributed by atoms with E-state index in [1.54, 1.807) is 60.9 Å². The molecule has 0 radical (unpaired) electrons. The normalized spacial score (nSPS) is 10.6. The second-order valence-corrected chi connectivity index (χ2v) is 8.59. The Kier molecular flexibility index (Phi) is 7.68. The molecule has 0 aliphatic rings. The van der Waals surface area contributed by atoms with Gasteiger partial charge in [-0.25, -0.2) is 9.18 Å². The zero-order chi connectivity index (χ0) is 27.0. The minimum Gasteiger partial charge on any atom is -0.444 e. The number of pyridine rings is 1. The predicted octanol–water partition coefficient (Wildman–Crippen LogP) is 6.47. The van der Waals surface area contributed by atoms with Crippen LogP contribution in [0.15, 0.2) is 108 Å². The van der Waals surface area contributed by atoms with E-state index in [0.29, 0.717) is 22.5 Å². The second-order valence-electron chi connectivity index (χ2n) is 8.59. The first kappa shape index (κ1) is 25.3. The second kappa shape index (κ2) is 11.8. The van der Waals surface area contributed by atoms with Crippen LogP contribution in [0, 0.1) is 5.82 Å². The standard InChI is InChI=1S/C30H23FN4O4/c31-24-10-8-23(9-11-24)28-27(22-14-16-32-17-15-22)29(39-35-28)34-26(36)18-20-6-12-25(13-7-20)33-30(37)38-19-21-4-2-1-3-5-21/h1-17H,18-19H2,(H,33,37)(H,34,36). The summed E-state index contributed by atoms with van der Waals surface area (Å²) in [6.45, 7) is 0.164. The molecule has 2 heterocycles. The molecule has 194 valence electrons. The van der Waals surface area contributed by atoms with E-state index in [2.05, 4.69) is 20.8 Å². The first-order valence-corrected chi connectivity index (χ1v) is 12.1. The monoisotopic (exact) mass is 522 g/mol. The van der Waals surface area contributed by atoms with Crippen LogP contribution in [0.25, 0.3) is 22.4 Å². The van der Waals surface area contributed by atoms with Gasteiger partial charge in [0.05, 0.1) is 12.0 Å². The largest absolute Gasteiger partial charge is 0.444 e. The van der Waals surface area contributed by atoms with Gasteiger partial charge >= 0.3 is 6.09 Å². The maximum atomic E-state index is 13.5. The van der Waals surface area contributed by atoms with Crippen molar-refractivity contribution in [3.63, 3.8) is 0 Å². The van der Waals surface area contributed by atoms with Crippen LogP contribution in [0.4, 0.5) is 20.8 Å². The zero-order valence-electron chi connectivity index (χ0n) is 20.6. The van der Waals surface area contributed by atoms with E-state index >= 15 is 0 Å². The van der Waals surface area contributed by atoms with Gasteiger partial charge in [0, 0.05) is 23.6 Å². The molecule has 5 aromatic rings. The number of benzene rings is 3. The number of nitrogens with zero attached hydrogens (tertiary/aromatic N) is 2. The fraction of sp³-hybridized carbons (Fsp3) is 0.0667. The number of anilines is 2. The fourth-order valence-electron chi connectivity index (χ4n) is 3.91. The average Bonchev–Trinajstić information content (AvgIpc) is 3.37. The maximum absolute atomic E-state index is 13.5. The predicted molar refractivity (Wildman–Crippen MR) is 144 cm³/mol. The topological polar surface area (TPSA) is 106 Å². The van der Waals surface area contributed by atoms with Crippen molar-refractivity contribution in [1.29, 1.82) is 0 Å². The van der Waals surface area contributed by atoms with Gasteiger partial charge in [-0.15, -0.1) is 0 Å². The fourth-order valence-corrected chi connectivity index (χ4v) is 3.91. The molecular weight excluding hydrogens is 499 g/mol. The van der Waals surface area contributed by atoms with Gasteiger partial charge in [-0.2, -0.15) is 0 Å². The number of ether oxygens (including phenoxy) is 1. The maximum Gasteiger partial charge on any atom is 0.411 e. The molecular formula is C30H23FN4O4. The van der Waals surface area contributed by atoms with E-state index in [-0.39, 0.29) is 30.6 Å². The molecule has 0 spiro atoms. The molecule has 0 unspecified atom stereocenters. The van der Waals surface area contributed by atoms with Crippen LogP contribution in [0.5, 0.6) is 0 Å². The molecule has 0 atom stereocenters. The van der Waals surface area contributed by atoms with E-state index in [4.69, 9.17) is 9.26 Å². The number of amides is 2. The van der Waals surface area contributed by atoms with Crippen molar-refractivity contribution in [3.05, 3.63) is 120 Å². The van der Waals surface area contributed by atoms with Gasteiger partial charge in [0.2, 0.25) is 11.8 Å². The highest BCUT2D eigenvalue weighted by Gasteiger charge is 2.21. The molecule has 0 aliphatic carbocycles. The first-order chi connectivity index (χ1) is 19.0. The molecule has 0 saturated carbocycles. The third kappa shape index (κ3) is 6.53. The van der Waals surface area contributed by atoms with Crippen molar-refractivity contribution in [2.24, 2.45) is 0 Å². The lowest BCUT2D eigenvalue weighted by atomic mass is 10.0. The van der Waals surface area contributed by atoms with Crippen molar-refractivity contribution in [2.45, 2.75) is 13.0 Å². The quantitative estimate of drug-likeness (QED) is 0.242. The van der Waals surface area contributed by atoms with Gasteiger partial charge in [0.1, 0.15) is 18.1 Å². The van der Waals surface area contributed by atoms with E-state index < -0.39 is 6.09 Å². The smallest absolute Gasteiger partial charge is 0.411 e. The van der Waals surface area contributed by atoms with Gasteiger partial charge in [-0.05, 0) is 65.2 Å². The van der Waals surface area contributed by atoms with Crippen molar-refractivity contribution >= 4 is 23.6 Å². The third-order valence-electron chi connectivity index (χ3n) is 5.81.